The van der Waals surface area contributed by atoms with Crippen molar-refractivity contribution in [3.05, 3.63) is 0 Å². The molecule has 6 N–H and O–H groups in total. The van der Waals surface area contributed by atoms with Crippen LogP contribution in [0.5, 0.6) is 0 Å². The van der Waals surface area contributed by atoms with Crippen molar-refractivity contribution in [2.75, 3.05) is 0 Å². The number of hydrogen-bond acceptors (Lipinski definition) is 5. The van der Waals surface area contributed by atoms with Crippen LogP contribution in [0.1, 0.15) is 25.7 Å². The van der Waals surface area contributed by atoms with Gasteiger partial charge in [-0.05, 0) is 12.8 Å². The van der Waals surface area contributed by atoms with Gasteiger partial charge in [-0.3, -0.25) is 14.4 Å². The highest BCUT2D eigenvalue weighted by Crippen LogP contribution is 2.01. The van der Waals surface area contributed by atoms with Gasteiger partial charge in [0, 0.05) is 12.8 Å². The summed E-state index contributed by atoms with van der Waals surface area (Å²) in [5.74, 6) is -4.46. The van der Waals surface area contributed by atoms with Gasteiger partial charge in [-0.25, -0.2) is 4.79 Å². The number of nitrogens with one attached hydrogen (secondary N) is 1. The van der Waals surface area contributed by atoms with Crippen LogP contribution in [-0.2, 0) is 19.2 Å². The zero-order valence-electron chi connectivity index (χ0n) is 10.4. The second kappa shape index (κ2) is 9.98. The van der Waals surface area contributed by atoms with E-state index >= 15 is 0 Å². The molecule has 2 atom stereocenters. The Morgan fingerprint density at radius 3 is 1.90 bits per heavy atom. The molecule has 0 saturated carbocycles. The highest BCUT2D eigenvalue weighted by molar-refractivity contribution is 5.85. The van der Waals surface area contributed by atoms with Crippen LogP contribution in [-0.4, -0.2) is 51.2 Å². The van der Waals surface area contributed by atoms with Crippen LogP contribution in [0.3, 0.4) is 0 Å². The molecule has 0 radical (unpaired) electrons. The second-order valence-electron chi connectivity index (χ2n) is 3.87. The molecule has 0 bridgehead atoms. The molecule has 0 rings (SSSR count). The van der Waals surface area contributed by atoms with Crippen LogP contribution in [0.2, 0.25) is 0 Å². The molecule has 0 aromatic heterocycles. The third-order valence-corrected chi connectivity index (χ3v) is 2.28. The van der Waals surface area contributed by atoms with Crippen LogP contribution >= 0.6 is 12.4 Å². The van der Waals surface area contributed by atoms with Gasteiger partial charge in [0.05, 0.1) is 0 Å². The Morgan fingerprint density at radius 1 is 0.950 bits per heavy atom. The average molecular weight is 313 g/mol. The van der Waals surface area contributed by atoms with E-state index in [0.717, 1.165) is 0 Å². The van der Waals surface area contributed by atoms with E-state index in [1.54, 1.807) is 0 Å². The number of amides is 1. The van der Waals surface area contributed by atoms with E-state index in [-0.39, 0.29) is 31.7 Å². The number of carbonyl (C=O) groups is 4. The number of nitrogens with two attached hydrogens (primary N) is 1. The molecule has 0 aromatic carbocycles. The Bertz CT molecular complexity index is 375. The molecule has 116 valence electrons. The Kier molecular flexibility index (Phi) is 10.2. The van der Waals surface area contributed by atoms with Crippen molar-refractivity contribution < 1.29 is 34.5 Å². The predicted molar refractivity (Wildman–Crippen MR) is 68.5 cm³/mol. The van der Waals surface area contributed by atoms with E-state index in [2.05, 4.69) is 5.32 Å². The van der Waals surface area contributed by atoms with Gasteiger partial charge in [-0.15, -0.1) is 12.4 Å². The van der Waals surface area contributed by atoms with Crippen LogP contribution < -0.4 is 11.1 Å². The summed E-state index contributed by atoms with van der Waals surface area (Å²) in [5, 5.41) is 27.8. The fourth-order valence-corrected chi connectivity index (χ4v) is 1.20. The van der Waals surface area contributed by atoms with Crippen molar-refractivity contribution in [2.45, 2.75) is 37.8 Å². The number of hydrogen-bond donors (Lipinski definition) is 5. The minimum atomic E-state index is -1.35. The van der Waals surface area contributed by atoms with E-state index in [9.17, 15) is 19.2 Å². The lowest BCUT2D eigenvalue weighted by Gasteiger charge is -2.14. The highest BCUT2D eigenvalue weighted by atomic mass is 35.5. The number of aliphatic carboxylic acids is 3. The Labute approximate surface area is 120 Å². The van der Waals surface area contributed by atoms with Crippen molar-refractivity contribution >= 4 is 36.2 Å². The molecule has 0 aliphatic carbocycles. The standard InChI is InChI=1S/C10H16N2O7.ClH/c11-5(9(16)17)1-3-7(13)12-6(10(18)19)2-4-8(14)15;/h5-6H,1-4,11H2,(H,12,13)(H,14,15)(H,16,17)(H,18,19);1H/t5-,6-;/m1./s1. The van der Waals surface area contributed by atoms with E-state index < -0.39 is 42.3 Å². The van der Waals surface area contributed by atoms with Gasteiger partial charge in [-0.1, -0.05) is 0 Å². The number of carboxylic acids is 3. The number of carbonyl (C=O) groups excluding carboxylic acids is 1. The zero-order chi connectivity index (χ0) is 15.0. The van der Waals surface area contributed by atoms with Gasteiger partial charge in [0.1, 0.15) is 12.1 Å². The molecule has 20 heavy (non-hydrogen) atoms. The first-order chi connectivity index (χ1) is 8.73. The predicted octanol–water partition coefficient (Wildman–Crippen LogP) is -0.965. The molecule has 0 aliphatic heterocycles. The summed E-state index contributed by atoms with van der Waals surface area (Å²) < 4.78 is 0. The van der Waals surface area contributed by atoms with Crippen molar-refractivity contribution in [3.63, 3.8) is 0 Å². The van der Waals surface area contributed by atoms with Crippen LogP contribution in [0.4, 0.5) is 0 Å². The SMILES string of the molecule is Cl.N[C@H](CCC(=O)N[C@H](CCC(=O)O)C(=O)O)C(=O)O. The lowest BCUT2D eigenvalue weighted by Crippen LogP contribution is -2.42. The van der Waals surface area contributed by atoms with E-state index in [4.69, 9.17) is 21.1 Å². The Hall–Kier alpha value is -1.87. The fourth-order valence-electron chi connectivity index (χ4n) is 1.20. The molecule has 0 aliphatic rings. The van der Waals surface area contributed by atoms with Crippen molar-refractivity contribution in [3.8, 4) is 0 Å². The maximum absolute atomic E-state index is 11.4. The van der Waals surface area contributed by atoms with E-state index in [1.165, 1.54) is 0 Å². The maximum Gasteiger partial charge on any atom is 0.326 e. The first-order valence-corrected chi connectivity index (χ1v) is 5.46. The smallest absolute Gasteiger partial charge is 0.326 e. The summed E-state index contributed by atoms with van der Waals surface area (Å²) in [6.45, 7) is 0. The van der Waals surface area contributed by atoms with Crippen molar-refractivity contribution in [1.29, 1.82) is 0 Å². The van der Waals surface area contributed by atoms with E-state index in [0.29, 0.717) is 0 Å². The number of carboxylic acid groups (broad SMARTS) is 3. The summed E-state index contributed by atoms with van der Waals surface area (Å²) in [4.78, 5) is 42.8. The summed E-state index contributed by atoms with van der Waals surface area (Å²) in [5.41, 5.74) is 5.18. The molecule has 1 amide bonds. The summed E-state index contributed by atoms with van der Waals surface area (Å²) in [6, 6.07) is -2.52. The quantitative estimate of drug-likeness (QED) is 0.362. The molecule has 0 unspecified atom stereocenters. The lowest BCUT2D eigenvalue weighted by atomic mass is 10.1. The molecule has 0 saturated heterocycles. The van der Waals surface area contributed by atoms with E-state index in [1.807, 2.05) is 0 Å². The number of rotatable bonds is 9. The molecule has 10 heteroatoms. The summed E-state index contributed by atoms with van der Waals surface area (Å²) in [7, 11) is 0. The molecule has 0 heterocycles. The molecular weight excluding hydrogens is 296 g/mol. The molecule has 0 spiro atoms. The van der Waals surface area contributed by atoms with Crippen LogP contribution in [0, 0.1) is 0 Å². The summed E-state index contributed by atoms with van der Waals surface area (Å²) in [6.07, 6.45) is -1.02. The lowest BCUT2D eigenvalue weighted by molar-refractivity contribution is -0.143. The highest BCUT2D eigenvalue weighted by Gasteiger charge is 2.21. The first-order valence-electron chi connectivity index (χ1n) is 5.46. The van der Waals surface area contributed by atoms with Gasteiger partial charge in [0.15, 0.2) is 0 Å². The summed E-state index contributed by atoms with van der Waals surface area (Å²) >= 11 is 0. The minimum Gasteiger partial charge on any atom is -0.481 e. The molecule has 0 fully saturated rings. The van der Waals surface area contributed by atoms with Crippen molar-refractivity contribution in [1.82, 2.24) is 5.32 Å². The third-order valence-electron chi connectivity index (χ3n) is 2.28. The molecule has 0 aromatic rings. The minimum absolute atomic E-state index is 0. The number of halogens is 1. The monoisotopic (exact) mass is 312 g/mol. The molecular formula is C10H17ClN2O7. The zero-order valence-corrected chi connectivity index (χ0v) is 11.3. The Morgan fingerprint density at radius 2 is 1.50 bits per heavy atom. The van der Waals surface area contributed by atoms with Gasteiger partial charge < -0.3 is 26.4 Å². The van der Waals surface area contributed by atoms with Gasteiger partial charge in [-0.2, -0.15) is 0 Å². The van der Waals surface area contributed by atoms with Crippen molar-refractivity contribution in [2.24, 2.45) is 5.73 Å². The van der Waals surface area contributed by atoms with Crippen LogP contribution in [0.15, 0.2) is 0 Å². The largest absolute Gasteiger partial charge is 0.481 e. The topological polar surface area (TPSA) is 167 Å². The Balaban J connectivity index is 0. The third kappa shape index (κ3) is 9.11. The maximum atomic E-state index is 11.4. The fraction of sp³-hybridized carbons (Fsp3) is 0.600. The first kappa shape index (κ1) is 20.4. The van der Waals surface area contributed by atoms with Gasteiger partial charge in [0.2, 0.25) is 5.91 Å². The second-order valence-corrected chi connectivity index (χ2v) is 3.87. The molecule has 9 nitrogen and oxygen atoms in total. The normalized spacial score (nSPS) is 12.7. The van der Waals surface area contributed by atoms with Crippen LogP contribution in [0.25, 0.3) is 0 Å². The average Bonchev–Trinajstić information content (AvgIpc) is 2.30. The van der Waals surface area contributed by atoms with Gasteiger partial charge >= 0.3 is 17.9 Å². The van der Waals surface area contributed by atoms with Gasteiger partial charge in [0.25, 0.3) is 0 Å².